The molecule has 0 amide bonds. The molecule has 1 fully saturated rings. The molecule has 0 radical (unpaired) electrons. The van der Waals surface area contributed by atoms with Crippen molar-refractivity contribution in [2.24, 2.45) is 11.8 Å². The Labute approximate surface area is 194 Å². The Hall–Kier alpha value is -2.49. The predicted molar refractivity (Wildman–Crippen MR) is 136 cm³/mol. The molecule has 0 atom stereocenters. The fourth-order valence-corrected chi connectivity index (χ4v) is 3.88. The van der Waals surface area contributed by atoms with Crippen molar-refractivity contribution in [1.29, 1.82) is 0 Å². The Balaban J connectivity index is 0.000000178. The molecule has 1 aliphatic rings. The fourth-order valence-electron chi connectivity index (χ4n) is 3.88. The van der Waals surface area contributed by atoms with Gasteiger partial charge < -0.3 is 4.90 Å². The van der Waals surface area contributed by atoms with Crippen LogP contribution in [0.2, 0.25) is 0 Å². The van der Waals surface area contributed by atoms with Gasteiger partial charge in [0.05, 0.1) is 5.52 Å². The number of hydrogen-bond donors (Lipinski definition) is 0. The van der Waals surface area contributed by atoms with Crippen molar-refractivity contribution < 1.29 is 4.39 Å². The number of aromatic nitrogens is 2. The van der Waals surface area contributed by atoms with E-state index in [1.807, 2.05) is 62.3 Å². The zero-order valence-electron chi connectivity index (χ0n) is 20.7. The van der Waals surface area contributed by atoms with Crippen LogP contribution in [-0.2, 0) is 6.42 Å². The first-order chi connectivity index (χ1) is 15.3. The van der Waals surface area contributed by atoms with Crippen LogP contribution in [-0.4, -0.2) is 24.1 Å². The first-order valence-electron chi connectivity index (χ1n) is 11.9. The second-order valence-corrected chi connectivity index (χ2v) is 9.25. The summed E-state index contributed by atoms with van der Waals surface area (Å²) in [6, 6.07) is 14.7. The molecule has 32 heavy (non-hydrogen) atoms. The van der Waals surface area contributed by atoms with E-state index in [9.17, 15) is 4.39 Å². The van der Waals surface area contributed by atoms with Crippen LogP contribution in [0.15, 0.2) is 48.5 Å². The first kappa shape index (κ1) is 25.8. The van der Waals surface area contributed by atoms with Crippen LogP contribution in [0.1, 0.15) is 64.3 Å². The maximum atomic E-state index is 12.3. The number of anilines is 1. The van der Waals surface area contributed by atoms with E-state index in [2.05, 4.69) is 30.7 Å². The Morgan fingerprint density at radius 2 is 1.44 bits per heavy atom. The van der Waals surface area contributed by atoms with E-state index in [1.54, 1.807) is 0 Å². The van der Waals surface area contributed by atoms with Crippen molar-refractivity contribution in [3.8, 4) is 0 Å². The number of nitrogens with zero attached hydrogens (tertiary/aromatic N) is 3. The highest BCUT2D eigenvalue weighted by Gasteiger charge is 2.13. The van der Waals surface area contributed by atoms with Gasteiger partial charge in [-0.1, -0.05) is 77.1 Å². The first-order valence-corrected chi connectivity index (χ1v) is 11.9. The van der Waals surface area contributed by atoms with Crippen LogP contribution < -0.4 is 4.90 Å². The van der Waals surface area contributed by atoms with Crippen molar-refractivity contribution in [3.63, 3.8) is 0 Å². The van der Waals surface area contributed by atoms with Gasteiger partial charge in [0, 0.05) is 19.5 Å². The van der Waals surface area contributed by atoms with E-state index in [0.29, 0.717) is 0 Å². The molecular formula is C28H40FN3. The SMILES string of the molecule is CC1CCC(C)CC1.CCCc1ccc(F)cc1.Cc1nc(N(C)C)c2ccccc2n1. The zero-order chi connectivity index (χ0) is 23.5. The normalized spacial score (nSPS) is 17.6. The largest absolute Gasteiger partial charge is 0.362 e. The van der Waals surface area contributed by atoms with E-state index >= 15 is 0 Å². The molecule has 0 spiro atoms. The van der Waals surface area contributed by atoms with Crippen molar-refractivity contribution in [2.75, 3.05) is 19.0 Å². The van der Waals surface area contributed by atoms with Gasteiger partial charge in [-0.05, 0) is 55.0 Å². The van der Waals surface area contributed by atoms with Gasteiger partial charge in [0.15, 0.2) is 0 Å². The lowest BCUT2D eigenvalue weighted by molar-refractivity contribution is 0.308. The van der Waals surface area contributed by atoms with Gasteiger partial charge in [0.25, 0.3) is 0 Å². The number of aryl methyl sites for hydroxylation is 2. The summed E-state index contributed by atoms with van der Waals surface area (Å²) in [6.45, 7) is 8.76. The molecule has 1 saturated carbocycles. The molecule has 174 valence electrons. The molecule has 1 aromatic heterocycles. The third kappa shape index (κ3) is 8.57. The molecule has 1 aliphatic carbocycles. The third-order valence-corrected chi connectivity index (χ3v) is 5.87. The minimum absolute atomic E-state index is 0.153. The van der Waals surface area contributed by atoms with E-state index in [-0.39, 0.29) is 5.82 Å². The summed E-state index contributed by atoms with van der Waals surface area (Å²) in [5.74, 6) is 3.68. The lowest BCUT2D eigenvalue weighted by Gasteiger charge is -2.22. The Kier molecular flexibility index (Phi) is 10.6. The summed E-state index contributed by atoms with van der Waals surface area (Å²) < 4.78 is 12.3. The van der Waals surface area contributed by atoms with Gasteiger partial charge in [0.1, 0.15) is 17.5 Å². The summed E-state index contributed by atoms with van der Waals surface area (Å²) in [5, 5.41) is 1.10. The van der Waals surface area contributed by atoms with Crippen LogP contribution in [0.3, 0.4) is 0 Å². The van der Waals surface area contributed by atoms with Gasteiger partial charge >= 0.3 is 0 Å². The number of benzene rings is 2. The van der Waals surface area contributed by atoms with Crippen LogP contribution in [0, 0.1) is 24.6 Å². The van der Waals surface area contributed by atoms with Crippen LogP contribution in [0.25, 0.3) is 10.9 Å². The van der Waals surface area contributed by atoms with Gasteiger partial charge in [-0.25, -0.2) is 14.4 Å². The lowest BCUT2D eigenvalue weighted by atomic mass is 9.84. The number of rotatable bonds is 3. The van der Waals surface area contributed by atoms with Gasteiger partial charge in [-0.15, -0.1) is 0 Å². The van der Waals surface area contributed by atoms with Crippen molar-refractivity contribution in [2.45, 2.75) is 66.2 Å². The van der Waals surface area contributed by atoms with E-state index < -0.39 is 0 Å². The standard InChI is InChI=1S/C11H13N3.C9H11F.C8H16/c1-8-12-10-7-5-4-6-9(10)11(13-8)14(2)3;1-2-3-8-4-6-9(10)7-5-8;1-7-3-5-8(2)6-4-7/h4-7H,1-3H3;4-7H,2-3H2,1H3;7-8H,3-6H2,1-2H3. The highest BCUT2D eigenvalue weighted by molar-refractivity contribution is 5.89. The predicted octanol–water partition coefficient (Wildman–Crippen LogP) is 7.62. The summed E-state index contributed by atoms with van der Waals surface area (Å²) in [5.41, 5.74) is 2.22. The summed E-state index contributed by atoms with van der Waals surface area (Å²) in [7, 11) is 3.99. The molecule has 0 saturated heterocycles. The molecule has 3 aromatic rings. The summed E-state index contributed by atoms with van der Waals surface area (Å²) in [6.07, 6.45) is 8.05. The van der Waals surface area contributed by atoms with Gasteiger partial charge in [-0.2, -0.15) is 0 Å². The second kappa shape index (κ2) is 13.1. The minimum atomic E-state index is -0.153. The Bertz CT molecular complexity index is 919. The number of fused-ring (bicyclic) bond motifs is 1. The number of para-hydroxylation sites is 1. The van der Waals surface area contributed by atoms with Crippen molar-refractivity contribution in [3.05, 3.63) is 65.7 Å². The molecule has 0 unspecified atom stereocenters. The van der Waals surface area contributed by atoms with Crippen molar-refractivity contribution in [1.82, 2.24) is 9.97 Å². The molecule has 0 bridgehead atoms. The molecule has 3 nitrogen and oxygen atoms in total. The quantitative estimate of drug-likeness (QED) is 0.422. The Morgan fingerprint density at radius 3 is 1.97 bits per heavy atom. The second-order valence-electron chi connectivity index (χ2n) is 9.25. The zero-order valence-corrected chi connectivity index (χ0v) is 20.7. The van der Waals surface area contributed by atoms with Crippen molar-refractivity contribution >= 4 is 16.7 Å². The fraction of sp³-hybridized carbons (Fsp3) is 0.500. The number of halogens is 1. The van der Waals surface area contributed by atoms with Crippen LogP contribution in [0.4, 0.5) is 10.2 Å². The topological polar surface area (TPSA) is 29.0 Å². The highest BCUT2D eigenvalue weighted by Crippen LogP contribution is 2.27. The van der Waals surface area contributed by atoms with Gasteiger partial charge in [0.2, 0.25) is 0 Å². The Morgan fingerprint density at radius 1 is 0.875 bits per heavy atom. The van der Waals surface area contributed by atoms with Crippen LogP contribution >= 0.6 is 0 Å². The third-order valence-electron chi connectivity index (χ3n) is 5.87. The maximum absolute atomic E-state index is 12.3. The van der Waals surface area contributed by atoms with E-state index in [4.69, 9.17) is 0 Å². The minimum Gasteiger partial charge on any atom is -0.362 e. The summed E-state index contributed by atoms with van der Waals surface area (Å²) >= 11 is 0. The molecule has 0 aliphatic heterocycles. The smallest absolute Gasteiger partial charge is 0.139 e. The molecule has 1 heterocycles. The average Bonchev–Trinajstić information content (AvgIpc) is 2.78. The average molecular weight is 438 g/mol. The van der Waals surface area contributed by atoms with Gasteiger partial charge in [-0.3, -0.25) is 0 Å². The summed E-state index contributed by atoms with van der Waals surface area (Å²) in [4.78, 5) is 10.8. The molecule has 0 N–H and O–H groups in total. The molecule has 4 rings (SSSR count). The molecule has 2 aromatic carbocycles. The van der Waals surface area contributed by atoms with Crippen LogP contribution in [0.5, 0.6) is 0 Å². The maximum Gasteiger partial charge on any atom is 0.139 e. The lowest BCUT2D eigenvalue weighted by Crippen LogP contribution is -2.12. The number of hydrogen-bond acceptors (Lipinski definition) is 3. The van der Waals surface area contributed by atoms with E-state index in [0.717, 1.165) is 47.2 Å². The van der Waals surface area contributed by atoms with E-state index in [1.165, 1.54) is 43.4 Å². The molecular weight excluding hydrogens is 397 g/mol. The monoisotopic (exact) mass is 437 g/mol. The molecule has 4 heteroatoms. The highest BCUT2D eigenvalue weighted by atomic mass is 19.1.